The van der Waals surface area contributed by atoms with Gasteiger partial charge in [-0.3, -0.25) is 14.4 Å². The summed E-state index contributed by atoms with van der Waals surface area (Å²) in [5, 5.41) is 5.80. The van der Waals surface area contributed by atoms with E-state index >= 15 is 0 Å². The molecule has 3 amide bonds. The topological polar surface area (TPSA) is 78.5 Å². The highest BCUT2D eigenvalue weighted by molar-refractivity contribution is 8.01. The maximum atomic E-state index is 13.6. The highest BCUT2D eigenvalue weighted by Crippen LogP contribution is 2.56. The van der Waals surface area contributed by atoms with Gasteiger partial charge in [-0.05, 0) is 43.9 Å². The number of carbonyl (C=O) groups is 3. The summed E-state index contributed by atoms with van der Waals surface area (Å²) in [6.45, 7) is 10.4. The number of thioether (sulfide) groups is 1. The third kappa shape index (κ3) is 4.45. The maximum absolute atomic E-state index is 13.6. The van der Waals surface area contributed by atoms with Gasteiger partial charge in [-0.1, -0.05) is 68.3 Å². The number of benzene rings is 2. The molecule has 2 aliphatic rings. The van der Waals surface area contributed by atoms with Gasteiger partial charge in [0.25, 0.3) is 5.91 Å². The van der Waals surface area contributed by atoms with Crippen molar-refractivity contribution >= 4 is 29.5 Å². The number of amides is 3. The van der Waals surface area contributed by atoms with Gasteiger partial charge in [0.15, 0.2) is 0 Å². The minimum Gasteiger partial charge on any atom is -0.350 e. The number of nitrogens with one attached hydrogen (secondary N) is 2. The van der Waals surface area contributed by atoms with Crippen LogP contribution in [0, 0.1) is 12.8 Å². The van der Waals surface area contributed by atoms with Crippen LogP contribution in [0.1, 0.15) is 66.5 Å². The Kier molecular flexibility index (Phi) is 6.76. The molecule has 2 aliphatic heterocycles. The van der Waals surface area contributed by atoms with Crippen molar-refractivity contribution in [1.29, 1.82) is 0 Å². The first kappa shape index (κ1) is 24.3. The molecule has 34 heavy (non-hydrogen) atoms. The molecular formula is C27H33N3O3S. The molecule has 1 fully saturated rings. The van der Waals surface area contributed by atoms with Gasteiger partial charge in [-0.2, -0.15) is 0 Å². The number of rotatable bonds is 7. The summed E-state index contributed by atoms with van der Waals surface area (Å²) in [5.41, 5.74) is 3.77. The van der Waals surface area contributed by atoms with E-state index in [1.165, 1.54) is 0 Å². The van der Waals surface area contributed by atoms with Gasteiger partial charge in [-0.15, -0.1) is 11.8 Å². The Morgan fingerprint density at radius 3 is 2.47 bits per heavy atom. The third-order valence-electron chi connectivity index (χ3n) is 6.93. The molecule has 0 bridgehead atoms. The Morgan fingerprint density at radius 1 is 1.12 bits per heavy atom. The van der Waals surface area contributed by atoms with Crippen molar-refractivity contribution in [3.8, 4) is 0 Å². The summed E-state index contributed by atoms with van der Waals surface area (Å²) in [7, 11) is 0. The molecule has 6 nitrogen and oxygen atoms in total. The predicted molar refractivity (Wildman–Crippen MR) is 135 cm³/mol. The van der Waals surface area contributed by atoms with Gasteiger partial charge < -0.3 is 15.5 Å². The van der Waals surface area contributed by atoms with E-state index in [2.05, 4.69) is 10.6 Å². The number of carbonyl (C=O) groups excluding carboxylic acids is 3. The smallest absolute Gasteiger partial charge is 0.256 e. The molecule has 0 saturated carbocycles. The van der Waals surface area contributed by atoms with Crippen molar-refractivity contribution in [3.63, 3.8) is 0 Å². The van der Waals surface area contributed by atoms with Gasteiger partial charge in [-0.25, -0.2) is 0 Å². The minimum atomic E-state index is -0.678. The zero-order valence-corrected chi connectivity index (χ0v) is 21.2. The lowest BCUT2D eigenvalue weighted by molar-refractivity contribution is -0.133. The van der Waals surface area contributed by atoms with Gasteiger partial charge in [0.1, 0.15) is 17.5 Å². The number of nitrogens with zero attached hydrogens (tertiary/aromatic N) is 1. The number of hydrogen-bond donors (Lipinski definition) is 2. The highest BCUT2D eigenvalue weighted by atomic mass is 32.2. The fourth-order valence-corrected chi connectivity index (χ4v) is 6.33. The molecule has 0 spiro atoms. The van der Waals surface area contributed by atoms with Crippen LogP contribution in [-0.2, 0) is 16.1 Å². The van der Waals surface area contributed by atoms with Gasteiger partial charge >= 0.3 is 0 Å². The van der Waals surface area contributed by atoms with E-state index in [1.807, 2.05) is 83.1 Å². The van der Waals surface area contributed by atoms with Crippen LogP contribution in [0.2, 0.25) is 0 Å². The van der Waals surface area contributed by atoms with E-state index in [-0.39, 0.29) is 29.0 Å². The van der Waals surface area contributed by atoms with Crippen LogP contribution in [0.3, 0.4) is 0 Å². The number of fused-ring (bicyclic) bond motifs is 3. The second-order valence-electron chi connectivity index (χ2n) is 9.85. The molecule has 2 heterocycles. The normalized spacial score (nSPS) is 22.0. The summed E-state index contributed by atoms with van der Waals surface area (Å²) in [4.78, 5) is 41.7. The van der Waals surface area contributed by atoms with Gasteiger partial charge in [0.2, 0.25) is 11.8 Å². The summed E-state index contributed by atoms with van der Waals surface area (Å²) < 4.78 is -0.490. The molecular weight excluding hydrogens is 446 g/mol. The van der Waals surface area contributed by atoms with Crippen LogP contribution >= 0.6 is 11.8 Å². The third-order valence-corrected chi connectivity index (χ3v) is 8.46. The average molecular weight is 480 g/mol. The SMILES string of the molecule is CC[C@H](C)[C@H](NC(=O)[C@@H]1N2C(=O)c3ccccc3[C@@H]2SC1(C)C)C(=O)NCc1ccc(C)cc1. The quantitative estimate of drug-likeness (QED) is 0.624. The van der Waals surface area contributed by atoms with Crippen LogP contribution in [0.25, 0.3) is 0 Å². The van der Waals surface area contributed by atoms with Crippen molar-refractivity contribution in [3.05, 3.63) is 70.8 Å². The van der Waals surface area contributed by atoms with Gasteiger partial charge in [0, 0.05) is 16.9 Å². The Hall–Kier alpha value is -2.80. The van der Waals surface area contributed by atoms with Crippen molar-refractivity contribution in [1.82, 2.24) is 15.5 Å². The fourth-order valence-electron chi connectivity index (χ4n) is 4.74. The van der Waals surface area contributed by atoms with E-state index in [9.17, 15) is 14.4 Å². The standard InChI is InChI=1S/C27H33N3O3S/c1-6-17(3)21(23(31)28-15-18-13-11-16(2)12-14-18)29-24(32)22-27(4,5)34-26-20-10-8-7-9-19(20)25(33)30(22)26/h7-14,17,21-22,26H,6,15H2,1-5H3,(H,28,31)(H,29,32)/t17-,21-,22-,26-/m0/s1. The van der Waals surface area contributed by atoms with E-state index in [1.54, 1.807) is 16.7 Å². The van der Waals surface area contributed by atoms with Crippen LogP contribution in [0.5, 0.6) is 0 Å². The molecule has 4 atom stereocenters. The zero-order chi connectivity index (χ0) is 24.6. The summed E-state index contributed by atoms with van der Waals surface area (Å²) in [6, 6.07) is 14.2. The predicted octanol–water partition coefficient (Wildman–Crippen LogP) is 4.19. The summed E-state index contributed by atoms with van der Waals surface area (Å²) >= 11 is 1.62. The molecule has 4 rings (SSSR count). The molecule has 2 aromatic carbocycles. The second-order valence-corrected chi connectivity index (χ2v) is 11.6. The average Bonchev–Trinajstić information content (AvgIpc) is 3.25. The lowest BCUT2D eigenvalue weighted by Crippen LogP contribution is -2.58. The van der Waals surface area contributed by atoms with Crippen molar-refractivity contribution in [2.45, 2.75) is 69.8 Å². The Balaban J connectivity index is 1.51. The monoisotopic (exact) mass is 479 g/mol. The maximum Gasteiger partial charge on any atom is 0.256 e. The Bertz CT molecular complexity index is 1100. The first-order valence-corrected chi connectivity index (χ1v) is 12.7. The number of hydrogen-bond acceptors (Lipinski definition) is 4. The molecule has 0 aromatic heterocycles. The zero-order valence-electron chi connectivity index (χ0n) is 20.4. The molecule has 180 valence electrons. The molecule has 7 heteroatoms. The van der Waals surface area contributed by atoms with Crippen LogP contribution in [0.4, 0.5) is 0 Å². The van der Waals surface area contributed by atoms with Crippen molar-refractivity contribution in [2.24, 2.45) is 5.92 Å². The van der Waals surface area contributed by atoms with E-state index in [0.29, 0.717) is 12.1 Å². The molecule has 0 unspecified atom stereocenters. The lowest BCUT2D eigenvalue weighted by atomic mass is 9.95. The first-order chi connectivity index (χ1) is 16.1. The number of aryl methyl sites for hydroxylation is 1. The fraction of sp³-hybridized carbons (Fsp3) is 0.444. The summed E-state index contributed by atoms with van der Waals surface area (Å²) in [6.07, 6.45) is 0.739. The van der Waals surface area contributed by atoms with E-state index in [4.69, 9.17) is 0 Å². The first-order valence-electron chi connectivity index (χ1n) is 11.9. The molecule has 2 N–H and O–H groups in total. The lowest BCUT2D eigenvalue weighted by Gasteiger charge is -2.32. The minimum absolute atomic E-state index is 0.0543. The molecule has 1 saturated heterocycles. The van der Waals surface area contributed by atoms with E-state index in [0.717, 1.165) is 23.1 Å². The van der Waals surface area contributed by atoms with Gasteiger partial charge in [0.05, 0.1) is 0 Å². The Labute approximate surface area is 205 Å². The van der Waals surface area contributed by atoms with Crippen molar-refractivity contribution in [2.75, 3.05) is 0 Å². The summed E-state index contributed by atoms with van der Waals surface area (Å²) in [5.74, 6) is -0.666. The Morgan fingerprint density at radius 2 is 1.79 bits per heavy atom. The van der Waals surface area contributed by atoms with Crippen LogP contribution in [-0.4, -0.2) is 39.5 Å². The van der Waals surface area contributed by atoms with Crippen LogP contribution in [0.15, 0.2) is 48.5 Å². The van der Waals surface area contributed by atoms with Crippen molar-refractivity contribution < 1.29 is 14.4 Å². The highest BCUT2D eigenvalue weighted by Gasteiger charge is 2.57. The molecule has 0 aliphatic carbocycles. The second kappa shape index (κ2) is 9.45. The van der Waals surface area contributed by atoms with Crippen LogP contribution < -0.4 is 10.6 Å². The largest absolute Gasteiger partial charge is 0.350 e. The molecule has 0 radical (unpaired) electrons. The molecule has 2 aromatic rings. The van der Waals surface area contributed by atoms with E-state index < -0.39 is 16.8 Å².